The van der Waals surface area contributed by atoms with Crippen molar-refractivity contribution in [3.8, 4) is 10.7 Å². The molecule has 0 spiro atoms. The number of thiazole rings is 1. The first-order valence-corrected chi connectivity index (χ1v) is 9.61. The number of aromatic amines is 1. The van der Waals surface area contributed by atoms with E-state index >= 15 is 0 Å². The molecule has 0 bridgehead atoms. The fourth-order valence-corrected chi connectivity index (χ4v) is 3.80. The van der Waals surface area contributed by atoms with Gasteiger partial charge in [-0.1, -0.05) is 36.4 Å². The van der Waals surface area contributed by atoms with Gasteiger partial charge < -0.3 is 5.32 Å². The second kappa shape index (κ2) is 8.10. The Hall–Kier alpha value is -3.39. The average Bonchev–Trinajstić information content (AvgIpc) is 3.34. The molecular weight excluding hydrogens is 372 g/mol. The van der Waals surface area contributed by atoms with Gasteiger partial charge in [0, 0.05) is 25.4 Å². The Morgan fingerprint density at radius 3 is 2.71 bits per heavy atom. The molecule has 0 aliphatic carbocycles. The van der Waals surface area contributed by atoms with Crippen LogP contribution in [0.5, 0.6) is 0 Å². The summed E-state index contributed by atoms with van der Waals surface area (Å²) in [6.45, 7) is 2.25. The number of benzene rings is 1. The number of carbonyl (C=O) groups is 1. The quantitative estimate of drug-likeness (QED) is 0.527. The number of pyridine rings is 1. The van der Waals surface area contributed by atoms with Crippen LogP contribution in [0.15, 0.2) is 54.9 Å². The highest BCUT2D eigenvalue weighted by molar-refractivity contribution is 7.17. The average molecular weight is 390 g/mol. The highest BCUT2D eigenvalue weighted by atomic mass is 32.1. The molecule has 0 radical (unpaired) electrons. The zero-order valence-corrected chi connectivity index (χ0v) is 16.0. The lowest BCUT2D eigenvalue weighted by atomic mass is 10.1. The summed E-state index contributed by atoms with van der Waals surface area (Å²) in [6.07, 6.45) is 4.08. The monoisotopic (exact) mass is 390 g/mol. The molecule has 1 amide bonds. The number of hydrogen-bond acceptors (Lipinski definition) is 6. The van der Waals surface area contributed by atoms with E-state index in [1.54, 1.807) is 12.4 Å². The maximum absolute atomic E-state index is 12.6. The van der Waals surface area contributed by atoms with Crippen LogP contribution >= 0.6 is 11.3 Å². The molecule has 0 saturated carbocycles. The molecule has 0 unspecified atom stereocenters. The van der Waals surface area contributed by atoms with E-state index in [1.165, 1.54) is 11.3 Å². The summed E-state index contributed by atoms with van der Waals surface area (Å²) in [5.41, 5.74) is 4.25. The predicted molar refractivity (Wildman–Crippen MR) is 107 cm³/mol. The zero-order chi connectivity index (χ0) is 19.3. The third kappa shape index (κ3) is 3.96. The number of H-pyrrole nitrogens is 1. The summed E-state index contributed by atoms with van der Waals surface area (Å²) < 4.78 is 0. The van der Waals surface area contributed by atoms with Crippen LogP contribution in [-0.4, -0.2) is 31.3 Å². The summed E-state index contributed by atoms with van der Waals surface area (Å²) in [5.74, 6) is -0.154. The van der Waals surface area contributed by atoms with Gasteiger partial charge in [0.15, 0.2) is 0 Å². The Balaban J connectivity index is 1.52. The maximum Gasteiger partial charge on any atom is 0.263 e. The first-order chi connectivity index (χ1) is 13.7. The van der Waals surface area contributed by atoms with E-state index in [0.717, 1.165) is 16.8 Å². The van der Waals surface area contributed by atoms with Gasteiger partial charge in [0.2, 0.25) is 0 Å². The molecule has 2 N–H and O–H groups in total. The van der Waals surface area contributed by atoms with Crippen LogP contribution in [0.2, 0.25) is 0 Å². The fourth-order valence-electron chi connectivity index (χ4n) is 2.81. The first-order valence-electron chi connectivity index (χ1n) is 8.79. The number of aromatic nitrogens is 5. The van der Waals surface area contributed by atoms with Crippen molar-refractivity contribution in [1.82, 2.24) is 30.7 Å². The molecule has 0 aliphatic heterocycles. The van der Waals surface area contributed by atoms with E-state index < -0.39 is 0 Å². The van der Waals surface area contributed by atoms with E-state index in [4.69, 9.17) is 0 Å². The number of hydrogen-bond donors (Lipinski definition) is 2. The summed E-state index contributed by atoms with van der Waals surface area (Å²) in [4.78, 5) is 21.8. The number of rotatable bonds is 6. The first kappa shape index (κ1) is 18.0. The third-order valence-electron chi connectivity index (χ3n) is 4.22. The topological polar surface area (TPSA) is 96.5 Å². The van der Waals surface area contributed by atoms with Crippen molar-refractivity contribution in [2.75, 3.05) is 0 Å². The number of carbonyl (C=O) groups excluding carboxylic acids is 1. The second-order valence-corrected chi connectivity index (χ2v) is 7.26. The predicted octanol–water partition coefficient (Wildman–Crippen LogP) is 3.15. The van der Waals surface area contributed by atoms with Crippen molar-refractivity contribution in [3.63, 3.8) is 0 Å². The normalized spacial score (nSPS) is 10.8. The lowest BCUT2D eigenvalue weighted by Gasteiger charge is -2.03. The summed E-state index contributed by atoms with van der Waals surface area (Å²) in [6, 6.07) is 13.8. The van der Waals surface area contributed by atoms with Gasteiger partial charge in [0.1, 0.15) is 15.6 Å². The Morgan fingerprint density at radius 2 is 1.93 bits per heavy atom. The zero-order valence-electron chi connectivity index (χ0n) is 15.2. The Labute approximate surface area is 165 Å². The molecule has 0 atom stereocenters. The molecule has 4 rings (SSSR count). The molecule has 7 nitrogen and oxygen atoms in total. The highest BCUT2D eigenvalue weighted by Gasteiger charge is 2.20. The van der Waals surface area contributed by atoms with Crippen molar-refractivity contribution in [1.29, 1.82) is 0 Å². The Morgan fingerprint density at radius 1 is 1.11 bits per heavy atom. The van der Waals surface area contributed by atoms with Gasteiger partial charge in [-0.2, -0.15) is 15.4 Å². The standard InChI is InChI=1S/C20H18N6OS/c1-13-18(19(27)22-12-15-8-5-9-21-11-15)28-20(23-13)17-16(24-26-25-17)10-14-6-3-2-4-7-14/h2-9,11H,10,12H2,1H3,(H,22,27)(H,24,25,26). The van der Waals surface area contributed by atoms with Gasteiger partial charge in [0.05, 0.1) is 11.4 Å². The second-order valence-electron chi connectivity index (χ2n) is 6.26. The van der Waals surface area contributed by atoms with Gasteiger partial charge >= 0.3 is 0 Å². The minimum atomic E-state index is -0.154. The van der Waals surface area contributed by atoms with E-state index in [0.29, 0.717) is 34.2 Å². The van der Waals surface area contributed by atoms with Crippen LogP contribution in [0.3, 0.4) is 0 Å². The lowest BCUT2D eigenvalue weighted by Crippen LogP contribution is -2.22. The van der Waals surface area contributed by atoms with Gasteiger partial charge in [-0.05, 0) is 24.1 Å². The molecule has 3 heterocycles. The van der Waals surface area contributed by atoms with Crippen molar-refractivity contribution in [2.24, 2.45) is 0 Å². The van der Waals surface area contributed by atoms with Gasteiger partial charge in [-0.25, -0.2) is 4.98 Å². The smallest absolute Gasteiger partial charge is 0.263 e. The number of nitrogens with zero attached hydrogens (tertiary/aromatic N) is 4. The van der Waals surface area contributed by atoms with Crippen LogP contribution in [0.25, 0.3) is 10.7 Å². The van der Waals surface area contributed by atoms with Gasteiger partial charge in [-0.15, -0.1) is 11.3 Å². The van der Waals surface area contributed by atoms with Crippen LogP contribution in [0.1, 0.15) is 32.2 Å². The van der Waals surface area contributed by atoms with Crippen molar-refractivity contribution >= 4 is 17.2 Å². The minimum absolute atomic E-state index is 0.154. The molecule has 28 heavy (non-hydrogen) atoms. The van der Waals surface area contributed by atoms with E-state index in [-0.39, 0.29) is 5.91 Å². The van der Waals surface area contributed by atoms with Crippen molar-refractivity contribution < 1.29 is 4.79 Å². The molecule has 140 valence electrons. The van der Waals surface area contributed by atoms with Gasteiger partial charge in [-0.3, -0.25) is 9.78 Å². The van der Waals surface area contributed by atoms with Crippen molar-refractivity contribution in [2.45, 2.75) is 19.9 Å². The van der Waals surface area contributed by atoms with Crippen LogP contribution in [-0.2, 0) is 13.0 Å². The molecule has 8 heteroatoms. The third-order valence-corrected chi connectivity index (χ3v) is 5.38. The largest absolute Gasteiger partial charge is 0.347 e. The summed E-state index contributed by atoms with van der Waals surface area (Å²) in [7, 11) is 0. The summed E-state index contributed by atoms with van der Waals surface area (Å²) >= 11 is 1.32. The van der Waals surface area contributed by atoms with E-state index in [2.05, 4.69) is 30.7 Å². The lowest BCUT2D eigenvalue weighted by molar-refractivity contribution is 0.0954. The van der Waals surface area contributed by atoms with Gasteiger partial charge in [0.25, 0.3) is 5.91 Å². The molecule has 3 aromatic heterocycles. The van der Waals surface area contributed by atoms with Crippen LogP contribution in [0, 0.1) is 6.92 Å². The van der Waals surface area contributed by atoms with E-state index in [9.17, 15) is 4.79 Å². The highest BCUT2D eigenvalue weighted by Crippen LogP contribution is 2.29. The van der Waals surface area contributed by atoms with Crippen LogP contribution < -0.4 is 5.32 Å². The molecule has 0 fully saturated rings. The molecule has 0 saturated heterocycles. The Bertz CT molecular complexity index is 1070. The maximum atomic E-state index is 12.6. The summed E-state index contributed by atoms with van der Waals surface area (Å²) in [5, 5.41) is 14.8. The molecular formula is C20H18N6OS. The minimum Gasteiger partial charge on any atom is -0.347 e. The molecule has 4 aromatic rings. The number of amides is 1. The Kier molecular flexibility index (Phi) is 5.20. The van der Waals surface area contributed by atoms with Crippen molar-refractivity contribution in [3.05, 3.63) is 82.3 Å². The van der Waals surface area contributed by atoms with E-state index in [1.807, 2.05) is 49.4 Å². The van der Waals surface area contributed by atoms with Crippen LogP contribution in [0.4, 0.5) is 0 Å². The number of aryl methyl sites for hydroxylation is 1. The number of nitrogens with one attached hydrogen (secondary N) is 2. The molecule has 1 aromatic carbocycles. The molecule has 0 aliphatic rings. The SMILES string of the molecule is Cc1nc(-c2n[nH]nc2Cc2ccccc2)sc1C(=O)NCc1cccnc1. The fraction of sp³-hybridized carbons (Fsp3) is 0.150.